The van der Waals surface area contributed by atoms with Crippen LogP contribution < -0.4 is 10.9 Å². The van der Waals surface area contributed by atoms with Crippen LogP contribution in [0.3, 0.4) is 0 Å². The highest BCUT2D eigenvalue weighted by molar-refractivity contribution is 7.15. The number of amides is 1. The molecule has 1 amide bonds. The summed E-state index contributed by atoms with van der Waals surface area (Å²) in [6.45, 7) is 0. The van der Waals surface area contributed by atoms with Crippen LogP contribution in [0.1, 0.15) is 20.8 Å². The van der Waals surface area contributed by atoms with E-state index >= 15 is 0 Å². The molecule has 0 unspecified atom stereocenters. The summed E-state index contributed by atoms with van der Waals surface area (Å²) < 4.78 is 26.4. The van der Waals surface area contributed by atoms with Crippen LogP contribution in [-0.4, -0.2) is 15.9 Å². The summed E-state index contributed by atoms with van der Waals surface area (Å²) in [4.78, 5) is 30.8. The lowest BCUT2D eigenvalue weighted by Crippen LogP contribution is -2.22. The summed E-state index contributed by atoms with van der Waals surface area (Å²) in [5.74, 6) is -1.87. The topological polar surface area (TPSA) is 74.8 Å². The minimum atomic E-state index is -0.647. The number of pyridine rings is 1. The van der Waals surface area contributed by atoms with Gasteiger partial charge in [-0.3, -0.25) is 14.9 Å². The van der Waals surface area contributed by atoms with Gasteiger partial charge in [0.05, 0.1) is 0 Å². The fraction of sp³-hybridized carbons (Fsp3) is 0.0625. The van der Waals surface area contributed by atoms with E-state index in [0.717, 1.165) is 10.9 Å². The Kier molecular flexibility index (Phi) is 4.48. The number of H-pyrrole nitrogens is 1. The van der Waals surface area contributed by atoms with Crippen LogP contribution in [0.15, 0.2) is 47.5 Å². The fourth-order valence-electron chi connectivity index (χ4n) is 2.13. The molecular formula is C16H11F2N3O2S. The van der Waals surface area contributed by atoms with Crippen LogP contribution in [0.25, 0.3) is 0 Å². The average Bonchev–Trinajstić information content (AvgIpc) is 2.93. The molecule has 0 aliphatic carbocycles. The second-order valence-corrected chi connectivity index (χ2v) is 6.07. The molecule has 0 aliphatic rings. The van der Waals surface area contributed by atoms with Gasteiger partial charge in [0.25, 0.3) is 11.5 Å². The van der Waals surface area contributed by atoms with Crippen LogP contribution in [0.5, 0.6) is 0 Å². The van der Waals surface area contributed by atoms with Crippen molar-refractivity contribution in [3.8, 4) is 0 Å². The first-order chi connectivity index (χ1) is 11.5. The summed E-state index contributed by atoms with van der Waals surface area (Å²) in [7, 11) is 0. The molecule has 0 atom stereocenters. The van der Waals surface area contributed by atoms with Crippen LogP contribution in [0.2, 0.25) is 0 Å². The number of nitrogens with one attached hydrogen (secondary N) is 2. The van der Waals surface area contributed by atoms with Gasteiger partial charge in [0.2, 0.25) is 0 Å². The number of nitrogens with zero attached hydrogens (tertiary/aromatic N) is 1. The van der Waals surface area contributed by atoms with Gasteiger partial charge < -0.3 is 4.98 Å². The molecule has 2 N–H and O–H groups in total. The van der Waals surface area contributed by atoms with E-state index in [1.54, 1.807) is 6.07 Å². The molecule has 24 heavy (non-hydrogen) atoms. The summed E-state index contributed by atoms with van der Waals surface area (Å²) in [6, 6.07) is 6.23. The minimum absolute atomic E-state index is 0.0264. The largest absolute Gasteiger partial charge is 0.328 e. The molecule has 2 heterocycles. The highest BCUT2D eigenvalue weighted by Gasteiger charge is 2.12. The second-order valence-electron chi connectivity index (χ2n) is 4.95. The quantitative estimate of drug-likeness (QED) is 0.762. The minimum Gasteiger partial charge on any atom is -0.328 e. The van der Waals surface area contributed by atoms with Gasteiger partial charge in [-0.15, -0.1) is 11.3 Å². The van der Waals surface area contributed by atoms with E-state index in [1.165, 1.54) is 41.9 Å². The Balaban J connectivity index is 1.73. The normalized spacial score (nSPS) is 10.6. The number of hydrogen-bond acceptors (Lipinski definition) is 4. The summed E-state index contributed by atoms with van der Waals surface area (Å²) in [6.07, 6.45) is 3.23. The summed E-state index contributed by atoms with van der Waals surface area (Å²) in [5.41, 5.74) is -0.0583. The number of anilines is 1. The van der Waals surface area contributed by atoms with E-state index in [4.69, 9.17) is 0 Å². The smallest absolute Gasteiger partial charge is 0.263 e. The molecule has 8 heteroatoms. The standard InChI is InChI=1S/C16H11F2N3O2S/c17-10-4-9(5-11(18)7-10)6-12-8-20-16(24-12)21-15(23)13-2-1-3-19-14(13)22/h1-5,7-8H,6H2,(H,19,22)(H,20,21,23). The molecule has 122 valence electrons. The number of halogens is 2. The summed E-state index contributed by atoms with van der Waals surface area (Å²) >= 11 is 1.17. The first-order valence-electron chi connectivity index (χ1n) is 6.90. The number of aromatic amines is 1. The fourth-order valence-corrected chi connectivity index (χ4v) is 2.97. The van der Waals surface area contributed by atoms with Crippen molar-refractivity contribution >= 4 is 22.4 Å². The number of aromatic nitrogens is 2. The van der Waals surface area contributed by atoms with Gasteiger partial charge in [0.1, 0.15) is 17.2 Å². The van der Waals surface area contributed by atoms with Crippen molar-refractivity contribution in [1.82, 2.24) is 9.97 Å². The maximum absolute atomic E-state index is 13.2. The Morgan fingerprint density at radius 2 is 2.00 bits per heavy atom. The third-order valence-corrected chi connectivity index (χ3v) is 4.05. The SMILES string of the molecule is O=C(Nc1ncc(Cc2cc(F)cc(F)c2)s1)c1ccc[nH]c1=O. The number of carbonyl (C=O) groups excluding carboxylic acids is 1. The lowest BCUT2D eigenvalue weighted by molar-refractivity contribution is 0.102. The van der Waals surface area contributed by atoms with E-state index < -0.39 is 23.1 Å². The van der Waals surface area contributed by atoms with Crippen molar-refractivity contribution in [3.63, 3.8) is 0 Å². The first-order valence-corrected chi connectivity index (χ1v) is 7.71. The maximum Gasteiger partial charge on any atom is 0.263 e. The van der Waals surface area contributed by atoms with Gasteiger partial charge in [-0.05, 0) is 29.8 Å². The van der Waals surface area contributed by atoms with Gasteiger partial charge in [-0.25, -0.2) is 13.8 Å². The van der Waals surface area contributed by atoms with Gasteiger partial charge in [0, 0.05) is 29.8 Å². The molecule has 3 aromatic rings. The van der Waals surface area contributed by atoms with Crippen molar-refractivity contribution in [1.29, 1.82) is 0 Å². The highest BCUT2D eigenvalue weighted by atomic mass is 32.1. The molecule has 0 radical (unpaired) electrons. The number of benzene rings is 1. The Labute approximate surface area is 139 Å². The number of thiazole rings is 1. The molecule has 1 aromatic carbocycles. The maximum atomic E-state index is 13.2. The van der Waals surface area contributed by atoms with Crippen molar-refractivity contribution in [3.05, 3.63) is 80.7 Å². The molecule has 0 bridgehead atoms. The van der Waals surface area contributed by atoms with Gasteiger partial charge in [0.15, 0.2) is 5.13 Å². The highest BCUT2D eigenvalue weighted by Crippen LogP contribution is 2.22. The molecule has 0 saturated heterocycles. The van der Waals surface area contributed by atoms with E-state index in [9.17, 15) is 18.4 Å². The van der Waals surface area contributed by atoms with Crippen molar-refractivity contribution in [2.45, 2.75) is 6.42 Å². The molecular weight excluding hydrogens is 336 g/mol. The Hall–Kier alpha value is -2.87. The lowest BCUT2D eigenvalue weighted by atomic mass is 10.1. The molecule has 5 nitrogen and oxygen atoms in total. The zero-order valence-electron chi connectivity index (χ0n) is 12.2. The molecule has 0 spiro atoms. The Morgan fingerprint density at radius 3 is 2.71 bits per heavy atom. The van der Waals surface area contributed by atoms with Crippen molar-refractivity contribution in [2.24, 2.45) is 0 Å². The number of carbonyl (C=O) groups is 1. The monoisotopic (exact) mass is 347 g/mol. The molecule has 0 aliphatic heterocycles. The Bertz CT molecular complexity index is 932. The van der Waals surface area contributed by atoms with Crippen molar-refractivity contribution < 1.29 is 13.6 Å². The van der Waals surface area contributed by atoms with E-state index in [1.807, 2.05) is 0 Å². The van der Waals surface area contributed by atoms with E-state index in [-0.39, 0.29) is 12.0 Å². The van der Waals surface area contributed by atoms with Gasteiger partial charge in [-0.2, -0.15) is 0 Å². The van der Waals surface area contributed by atoms with Crippen LogP contribution in [0.4, 0.5) is 13.9 Å². The Morgan fingerprint density at radius 1 is 1.25 bits per heavy atom. The predicted molar refractivity (Wildman–Crippen MR) is 86.3 cm³/mol. The van der Waals surface area contributed by atoms with E-state index in [2.05, 4.69) is 15.3 Å². The molecule has 2 aromatic heterocycles. The van der Waals surface area contributed by atoms with Gasteiger partial charge in [-0.1, -0.05) is 0 Å². The third kappa shape index (κ3) is 3.72. The first kappa shape index (κ1) is 16.0. The van der Waals surface area contributed by atoms with E-state index in [0.29, 0.717) is 10.7 Å². The van der Waals surface area contributed by atoms with Crippen LogP contribution in [0, 0.1) is 11.6 Å². The van der Waals surface area contributed by atoms with Crippen LogP contribution in [-0.2, 0) is 6.42 Å². The second kappa shape index (κ2) is 6.71. The predicted octanol–water partition coefficient (Wildman–Crippen LogP) is 2.95. The third-order valence-electron chi connectivity index (χ3n) is 3.14. The van der Waals surface area contributed by atoms with Gasteiger partial charge >= 0.3 is 0 Å². The molecule has 0 fully saturated rings. The lowest BCUT2D eigenvalue weighted by Gasteiger charge is -2.00. The number of hydrogen-bond donors (Lipinski definition) is 2. The molecule has 3 rings (SSSR count). The zero-order chi connectivity index (χ0) is 17.1. The van der Waals surface area contributed by atoms with Crippen molar-refractivity contribution in [2.75, 3.05) is 5.32 Å². The molecule has 0 saturated carbocycles. The number of rotatable bonds is 4. The zero-order valence-corrected chi connectivity index (χ0v) is 13.0. The average molecular weight is 347 g/mol. The van der Waals surface area contributed by atoms with Crippen LogP contribution >= 0.6 is 11.3 Å². The summed E-state index contributed by atoms with van der Waals surface area (Å²) in [5, 5.41) is 2.83.